The molecule has 2 amide bonds. The number of amides is 2. The molecule has 2 atom stereocenters. The summed E-state index contributed by atoms with van der Waals surface area (Å²) < 4.78 is 5.94. The first-order valence-corrected chi connectivity index (χ1v) is 19.0. The first kappa shape index (κ1) is 45.8. The monoisotopic (exact) mass is 689 g/mol. The number of carbonyl (C=O) groups is 4. The summed E-state index contributed by atoms with van der Waals surface area (Å²) in [5.41, 5.74) is 0. The van der Waals surface area contributed by atoms with Crippen LogP contribution in [0.3, 0.4) is 0 Å². The van der Waals surface area contributed by atoms with Crippen LogP contribution in [0.25, 0.3) is 0 Å². The van der Waals surface area contributed by atoms with Crippen molar-refractivity contribution in [3.05, 3.63) is 48.6 Å². The quantitative estimate of drug-likeness (QED) is 0.0308. The lowest BCUT2D eigenvalue weighted by Gasteiger charge is -2.17. The first-order valence-electron chi connectivity index (χ1n) is 19.0. The van der Waals surface area contributed by atoms with Gasteiger partial charge in [-0.05, 0) is 64.2 Å². The Hall–Kier alpha value is -3.20. The Balaban J connectivity index is 4.43. The van der Waals surface area contributed by atoms with Crippen LogP contribution in [0.15, 0.2) is 48.6 Å². The number of hydrogen-bond donors (Lipinski definition) is 4. The van der Waals surface area contributed by atoms with Crippen molar-refractivity contribution >= 4 is 23.8 Å². The Morgan fingerprint density at radius 3 is 1.73 bits per heavy atom. The minimum Gasteiger partial charge on any atom is -0.480 e. The molecule has 2 unspecified atom stereocenters. The number of aliphatic carboxylic acids is 1. The standard InChI is InChI=1S/C40H68N2O7/c1-3-5-7-9-11-13-14-15-16-17-18-21-25-29-35(49-39(46)32-28-24-19-12-10-8-6-4-2)30-26-22-20-23-27-31-37(44)41-33-38(45)42-36(34-43)40(47)48/h5,7,11,13,15-16,18,21,35-36,43H,3-4,6,8-10,12,14,17,19-20,22-34H2,1-2H3,(H,41,44)(H,42,45)(H,47,48)/b7-5-,13-11-,16-15-,21-18-. The molecule has 0 saturated heterocycles. The maximum absolute atomic E-state index is 12.6. The van der Waals surface area contributed by atoms with Crippen LogP contribution in [0.2, 0.25) is 0 Å². The van der Waals surface area contributed by atoms with E-state index in [9.17, 15) is 19.2 Å². The van der Waals surface area contributed by atoms with Gasteiger partial charge in [-0.1, -0.05) is 127 Å². The number of carboxylic acids is 1. The average Bonchev–Trinajstić information content (AvgIpc) is 3.08. The van der Waals surface area contributed by atoms with Gasteiger partial charge in [0.05, 0.1) is 13.2 Å². The van der Waals surface area contributed by atoms with Gasteiger partial charge in [0.1, 0.15) is 12.1 Å². The lowest BCUT2D eigenvalue weighted by Crippen LogP contribution is -2.47. The van der Waals surface area contributed by atoms with Gasteiger partial charge < -0.3 is 25.6 Å². The molecule has 0 aromatic heterocycles. The first-order chi connectivity index (χ1) is 23.8. The van der Waals surface area contributed by atoms with E-state index in [1.807, 2.05) is 0 Å². The summed E-state index contributed by atoms with van der Waals surface area (Å²) in [5.74, 6) is -2.36. The van der Waals surface area contributed by atoms with Gasteiger partial charge in [0.2, 0.25) is 11.8 Å². The van der Waals surface area contributed by atoms with Crippen molar-refractivity contribution in [2.45, 2.75) is 167 Å². The third kappa shape index (κ3) is 31.8. The summed E-state index contributed by atoms with van der Waals surface area (Å²) in [5, 5.41) is 22.5. The van der Waals surface area contributed by atoms with Crippen molar-refractivity contribution in [1.29, 1.82) is 0 Å². The van der Waals surface area contributed by atoms with Gasteiger partial charge in [0, 0.05) is 12.8 Å². The number of aliphatic hydroxyl groups is 1. The van der Waals surface area contributed by atoms with Crippen LogP contribution in [0.5, 0.6) is 0 Å². The van der Waals surface area contributed by atoms with Gasteiger partial charge in [-0.2, -0.15) is 0 Å². The van der Waals surface area contributed by atoms with E-state index in [1.54, 1.807) is 0 Å². The van der Waals surface area contributed by atoms with Crippen LogP contribution in [-0.2, 0) is 23.9 Å². The largest absolute Gasteiger partial charge is 0.480 e. The Morgan fingerprint density at radius 2 is 1.16 bits per heavy atom. The van der Waals surface area contributed by atoms with Crippen LogP contribution in [0, 0.1) is 0 Å². The number of aliphatic hydroxyl groups excluding tert-OH is 1. The normalized spacial score (nSPS) is 13.0. The number of carboxylic acid groups (broad SMARTS) is 1. The fraction of sp³-hybridized carbons (Fsp3) is 0.700. The lowest BCUT2D eigenvalue weighted by molar-refractivity contribution is -0.150. The van der Waals surface area contributed by atoms with E-state index >= 15 is 0 Å². The number of allylic oxidation sites excluding steroid dienone is 8. The van der Waals surface area contributed by atoms with Gasteiger partial charge in [0.15, 0.2) is 0 Å². The topological polar surface area (TPSA) is 142 Å². The summed E-state index contributed by atoms with van der Waals surface area (Å²) >= 11 is 0. The number of carbonyl (C=O) groups excluding carboxylic acids is 3. The molecule has 0 aliphatic rings. The molecule has 0 aromatic rings. The highest BCUT2D eigenvalue weighted by Crippen LogP contribution is 2.17. The Morgan fingerprint density at radius 1 is 0.633 bits per heavy atom. The molecule has 49 heavy (non-hydrogen) atoms. The molecule has 0 aromatic carbocycles. The van der Waals surface area contributed by atoms with Crippen LogP contribution < -0.4 is 10.6 Å². The van der Waals surface area contributed by atoms with Crippen LogP contribution in [0.4, 0.5) is 0 Å². The molecule has 0 aliphatic carbocycles. The van der Waals surface area contributed by atoms with E-state index < -0.39 is 24.5 Å². The molecular formula is C40H68N2O7. The number of hydrogen-bond acceptors (Lipinski definition) is 6. The Kier molecular flexibility index (Phi) is 32.4. The highest BCUT2D eigenvalue weighted by molar-refractivity contribution is 5.87. The second-order valence-electron chi connectivity index (χ2n) is 12.6. The predicted octanol–water partition coefficient (Wildman–Crippen LogP) is 8.42. The highest BCUT2D eigenvalue weighted by atomic mass is 16.5. The van der Waals surface area contributed by atoms with Crippen LogP contribution >= 0.6 is 0 Å². The molecule has 280 valence electrons. The van der Waals surface area contributed by atoms with Gasteiger partial charge in [-0.25, -0.2) is 4.79 Å². The van der Waals surface area contributed by atoms with Crippen molar-refractivity contribution in [3.8, 4) is 0 Å². The van der Waals surface area contributed by atoms with Crippen LogP contribution in [0.1, 0.15) is 155 Å². The van der Waals surface area contributed by atoms with Gasteiger partial charge in [-0.3, -0.25) is 14.4 Å². The molecule has 0 fully saturated rings. The molecule has 0 rings (SSSR count). The number of esters is 1. The Bertz CT molecular complexity index is 974. The molecule has 0 bridgehead atoms. The van der Waals surface area contributed by atoms with Crippen molar-refractivity contribution in [2.75, 3.05) is 13.2 Å². The average molecular weight is 689 g/mol. The number of unbranched alkanes of at least 4 members (excludes halogenated alkanes) is 11. The van der Waals surface area contributed by atoms with E-state index in [4.69, 9.17) is 14.9 Å². The number of ether oxygens (including phenoxy) is 1. The fourth-order valence-electron chi connectivity index (χ4n) is 5.18. The second kappa shape index (κ2) is 34.7. The highest BCUT2D eigenvalue weighted by Gasteiger charge is 2.19. The molecule has 0 aliphatic heterocycles. The molecule has 0 spiro atoms. The maximum atomic E-state index is 12.6. The zero-order valence-electron chi connectivity index (χ0n) is 30.7. The molecule has 0 heterocycles. The summed E-state index contributed by atoms with van der Waals surface area (Å²) in [4.78, 5) is 47.3. The van der Waals surface area contributed by atoms with Crippen molar-refractivity contribution in [1.82, 2.24) is 10.6 Å². The van der Waals surface area contributed by atoms with Gasteiger partial charge in [-0.15, -0.1) is 0 Å². The van der Waals surface area contributed by atoms with Crippen molar-refractivity contribution in [3.63, 3.8) is 0 Å². The summed E-state index contributed by atoms with van der Waals surface area (Å²) in [6.45, 7) is 3.31. The number of nitrogens with one attached hydrogen (secondary N) is 2. The molecule has 4 N–H and O–H groups in total. The summed E-state index contributed by atoms with van der Waals surface area (Å²) in [6, 6.07) is -1.39. The van der Waals surface area contributed by atoms with E-state index in [2.05, 4.69) is 73.1 Å². The van der Waals surface area contributed by atoms with E-state index in [1.165, 1.54) is 38.5 Å². The van der Waals surface area contributed by atoms with Gasteiger partial charge in [0.25, 0.3) is 0 Å². The van der Waals surface area contributed by atoms with Crippen LogP contribution in [-0.4, -0.2) is 59.3 Å². The SMILES string of the molecule is CC/C=C\C/C=C\C/C=C\C/C=C\CCC(CCCCCCCC(=O)NCC(=O)NC(CO)C(=O)O)OC(=O)CCCCCCCCCC. The smallest absolute Gasteiger partial charge is 0.328 e. The van der Waals surface area contributed by atoms with Gasteiger partial charge >= 0.3 is 11.9 Å². The zero-order chi connectivity index (χ0) is 36.2. The summed E-state index contributed by atoms with van der Waals surface area (Å²) in [6.07, 6.45) is 38.6. The Labute approximate surface area is 297 Å². The molecule has 0 radical (unpaired) electrons. The molecule has 0 saturated carbocycles. The zero-order valence-corrected chi connectivity index (χ0v) is 30.7. The van der Waals surface area contributed by atoms with E-state index in [0.717, 1.165) is 83.5 Å². The fourth-order valence-corrected chi connectivity index (χ4v) is 5.18. The lowest BCUT2D eigenvalue weighted by atomic mass is 10.0. The molecule has 9 nitrogen and oxygen atoms in total. The van der Waals surface area contributed by atoms with E-state index in [0.29, 0.717) is 12.8 Å². The second-order valence-corrected chi connectivity index (χ2v) is 12.6. The van der Waals surface area contributed by atoms with Crippen molar-refractivity contribution < 1.29 is 34.1 Å². The predicted molar refractivity (Wildman–Crippen MR) is 199 cm³/mol. The third-order valence-corrected chi connectivity index (χ3v) is 8.10. The molecule has 9 heteroatoms. The number of rotatable bonds is 33. The molecular weight excluding hydrogens is 620 g/mol. The summed E-state index contributed by atoms with van der Waals surface area (Å²) in [7, 11) is 0. The minimum absolute atomic E-state index is 0.0860. The third-order valence-electron chi connectivity index (χ3n) is 8.10. The maximum Gasteiger partial charge on any atom is 0.328 e. The van der Waals surface area contributed by atoms with Crippen molar-refractivity contribution in [2.24, 2.45) is 0 Å². The van der Waals surface area contributed by atoms with E-state index in [-0.39, 0.29) is 30.9 Å². The minimum atomic E-state index is -1.39.